The fourth-order valence-corrected chi connectivity index (χ4v) is 4.87. The molecule has 0 radical (unpaired) electrons. The van der Waals surface area contributed by atoms with E-state index in [2.05, 4.69) is 19.1 Å². The van der Waals surface area contributed by atoms with Gasteiger partial charge >= 0.3 is 0 Å². The molecule has 6 heteroatoms. The molecule has 0 saturated heterocycles. The molecule has 0 bridgehead atoms. The van der Waals surface area contributed by atoms with Crippen LogP contribution in [0.1, 0.15) is 49.3 Å². The quantitative estimate of drug-likeness (QED) is 0.402. The van der Waals surface area contributed by atoms with Crippen molar-refractivity contribution in [3.05, 3.63) is 83.0 Å². The summed E-state index contributed by atoms with van der Waals surface area (Å²) < 4.78 is 12.8. The predicted octanol–water partition coefficient (Wildman–Crippen LogP) is 5.80. The van der Waals surface area contributed by atoms with Gasteiger partial charge in [-0.2, -0.15) is 0 Å². The second kappa shape index (κ2) is 10.3. The van der Waals surface area contributed by atoms with Gasteiger partial charge < -0.3 is 18.7 Å². The van der Waals surface area contributed by atoms with E-state index in [0.29, 0.717) is 28.5 Å². The van der Waals surface area contributed by atoms with E-state index in [1.165, 1.54) is 6.42 Å². The number of aromatic nitrogens is 1. The third kappa shape index (κ3) is 5.78. The Bertz CT molecular complexity index is 1010. The fourth-order valence-electron chi connectivity index (χ4n) is 4.75. The molecule has 3 aromatic rings. The second-order valence-electron chi connectivity index (χ2n) is 9.72. The second-order valence-corrected chi connectivity index (χ2v) is 10.2. The van der Waals surface area contributed by atoms with Crippen LogP contribution in [0.3, 0.4) is 0 Å². The van der Waals surface area contributed by atoms with Gasteiger partial charge in [0.2, 0.25) is 5.89 Å². The molecule has 1 saturated carbocycles. The molecule has 176 valence electrons. The lowest BCUT2D eigenvalue weighted by molar-refractivity contribution is -0.904. The first-order chi connectivity index (χ1) is 15.9. The summed E-state index contributed by atoms with van der Waals surface area (Å²) in [7, 11) is 4.27. The minimum absolute atomic E-state index is 0.107. The number of hydrogen-bond acceptors (Lipinski definition) is 4. The van der Waals surface area contributed by atoms with Crippen LogP contribution in [0.25, 0.3) is 0 Å². The zero-order chi connectivity index (χ0) is 23.3. The first-order valence-corrected chi connectivity index (χ1v) is 12.2. The number of ether oxygens (including phenoxy) is 1. The highest BCUT2D eigenvalue weighted by Gasteiger charge is 2.44. The van der Waals surface area contributed by atoms with Crippen molar-refractivity contribution in [3.63, 3.8) is 0 Å². The molecule has 2 aromatic carbocycles. The molecule has 1 unspecified atom stereocenters. The van der Waals surface area contributed by atoms with E-state index in [9.17, 15) is 5.11 Å². The van der Waals surface area contributed by atoms with Crippen molar-refractivity contribution >= 4 is 11.6 Å². The maximum Gasteiger partial charge on any atom is 0.231 e. The van der Waals surface area contributed by atoms with Crippen LogP contribution in [0.4, 0.5) is 0 Å². The molecule has 1 aliphatic carbocycles. The summed E-state index contributed by atoms with van der Waals surface area (Å²) >= 11 is 5.94. The Balaban J connectivity index is 1.46. The third-order valence-corrected chi connectivity index (χ3v) is 6.90. The molecule has 0 spiro atoms. The van der Waals surface area contributed by atoms with Gasteiger partial charge in [-0.05, 0) is 42.7 Å². The lowest BCUT2D eigenvalue weighted by atomic mass is 9.73. The summed E-state index contributed by atoms with van der Waals surface area (Å²) in [5, 5.41) is 12.7. The molecule has 1 N–H and O–H groups in total. The van der Waals surface area contributed by atoms with Gasteiger partial charge in [0, 0.05) is 10.9 Å². The minimum atomic E-state index is -1.20. The molecule has 1 atom stereocenters. The van der Waals surface area contributed by atoms with Gasteiger partial charge in [0.1, 0.15) is 25.4 Å². The average molecular weight is 470 g/mol. The number of likely N-dealkylation sites (N-methyl/N-ethyl adjacent to an activating group) is 1. The molecule has 4 rings (SSSR count). The number of nitrogens with zero attached hydrogens (tertiary/aromatic N) is 2. The highest BCUT2D eigenvalue weighted by molar-refractivity contribution is 6.30. The zero-order valence-electron chi connectivity index (χ0n) is 19.5. The van der Waals surface area contributed by atoms with Gasteiger partial charge in [-0.1, -0.05) is 61.2 Å². The standard InChI is InChI=1S/C27H34ClN2O3/c1-30(2,17-18-32-24-15-13-23(28)14-16-24)20-25-19-29-26(33-25)27(31,21-9-5-3-6-10-21)22-11-7-4-8-12-22/h3,5-6,9-10,13-16,19,22,31H,4,7-8,11-12,17-18,20H2,1-2H3/q+1. The van der Waals surface area contributed by atoms with Crippen molar-refractivity contribution in [2.24, 2.45) is 5.92 Å². The maximum atomic E-state index is 12.0. The van der Waals surface area contributed by atoms with E-state index in [-0.39, 0.29) is 5.92 Å². The van der Waals surface area contributed by atoms with Crippen molar-refractivity contribution in [1.82, 2.24) is 4.98 Å². The monoisotopic (exact) mass is 469 g/mol. The highest BCUT2D eigenvalue weighted by Crippen LogP contribution is 2.43. The molecule has 1 heterocycles. The maximum absolute atomic E-state index is 12.0. The van der Waals surface area contributed by atoms with Crippen molar-refractivity contribution < 1.29 is 18.7 Å². The summed E-state index contributed by atoms with van der Waals surface area (Å²) in [4.78, 5) is 4.59. The van der Waals surface area contributed by atoms with Crippen LogP contribution >= 0.6 is 11.6 Å². The van der Waals surface area contributed by atoms with Crippen molar-refractivity contribution in [2.75, 3.05) is 27.2 Å². The molecule has 33 heavy (non-hydrogen) atoms. The Labute approximate surface area is 201 Å². The van der Waals surface area contributed by atoms with Crippen LogP contribution in [0.5, 0.6) is 5.75 Å². The largest absolute Gasteiger partial charge is 0.488 e. The van der Waals surface area contributed by atoms with Gasteiger partial charge in [-0.3, -0.25) is 0 Å². The molecule has 0 aliphatic heterocycles. The lowest BCUT2D eigenvalue weighted by Crippen LogP contribution is -2.42. The van der Waals surface area contributed by atoms with Crippen LogP contribution in [0.15, 0.2) is 65.2 Å². The van der Waals surface area contributed by atoms with E-state index >= 15 is 0 Å². The average Bonchev–Trinajstić information content (AvgIpc) is 3.29. The molecular weight excluding hydrogens is 436 g/mol. The topological polar surface area (TPSA) is 55.5 Å². The number of benzene rings is 2. The number of quaternary nitrogens is 1. The summed E-state index contributed by atoms with van der Waals surface area (Å²) in [6.07, 6.45) is 7.21. The van der Waals surface area contributed by atoms with E-state index in [0.717, 1.165) is 49.3 Å². The van der Waals surface area contributed by atoms with Gasteiger partial charge in [-0.15, -0.1) is 0 Å². The van der Waals surface area contributed by atoms with Gasteiger partial charge in [0.05, 0.1) is 20.3 Å². The summed E-state index contributed by atoms with van der Waals surface area (Å²) in [6, 6.07) is 17.3. The SMILES string of the molecule is C[N+](C)(CCOc1ccc(Cl)cc1)Cc1cnc(C(O)(c2ccccc2)C2CCCCC2)o1. The number of halogens is 1. The Kier molecular flexibility index (Phi) is 7.42. The molecule has 1 aliphatic rings. The number of aliphatic hydroxyl groups is 1. The van der Waals surface area contributed by atoms with E-state index in [4.69, 9.17) is 20.8 Å². The molecule has 5 nitrogen and oxygen atoms in total. The number of oxazole rings is 1. The normalized spacial score (nSPS) is 17.0. The molecule has 1 fully saturated rings. The Morgan fingerprint density at radius 2 is 1.76 bits per heavy atom. The van der Waals surface area contributed by atoms with Gasteiger partial charge in [-0.25, -0.2) is 4.98 Å². The first-order valence-electron chi connectivity index (χ1n) is 11.8. The highest BCUT2D eigenvalue weighted by atomic mass is 35.5. The van der Waals surface area contributed by atoms with E-state index < -0.39 is 5.60 Å². The van der Waals surface area contributed by atoms with Crippen molar-refractivity contribution in [3.8, 4) is 5.75 Å². The summed E-state index contributed by atoms with van der Waals surface area (Å²) in [5.41, 5.74) is -0.343. The van der Waals surface area contributed by atoms with E-state index in [1.807, 2.05) is 54.6 Å². The van der Waals surface area contributed by atoms with Crippen molar-refractivity contribution in [1.29, 1.82) is 0 Å². The summed E-state index contributed by atoms with van der Waals surface area (Å²) in [5.74, 6) is 2.09. The fraction of sp³-hybridized carbons (Fsp3) is 0.444. The van der Waals surface area contributed by atoms with E-state index in [1.54, 1.807) is 6.20 Å². The van der Waals surface area contributed by atoms with Crippen LogP contribution < -0.4 is 4.74 Å². The lowest BCUT2D eigenvalue weighted by Gasteiger charge is -2.36. The molecule has 0 amide bonds. The number of rotatable bonds is 9. The minimum Gasteiger partial charge on any atom is -0.488 e. The predicted molar refractivity (Wildman–Crippen MR) is 130 cm³/mol. The van der Waals surface area contributed by atoms with Crippen LogP contribution in [0, 0.1) is 5.92 Å². The zero-order valence-corrected chi connectivity index (χ0v) is 20.3. The molecular formula is C27H34ClN2O3+. The van der Waals surface area contributed by atoms with Gasteiger partial charge in [0.25, 0.3) is 0 Å². The Morgan fingerprint density at radius 1 is 1.06 bits per heavy atom. The van der Waals surface area contributed by atoms with Crippen LogP contribution in [-0.2, 0) is 12.1 Å². The smallest absolute Gasteiger partial charge is 0.231 e. The number of hydrogen-bond donors (Lipinski definition) is 1. The van der Waals surface area contributed by atoms with Crippen molar-refractivity contribution in [2.45, 2.75) is 44.2 Å². The summed E-state index contributed by atoms with van der Waals surface area (Å²) in [6.45, 7) is 2.03. The third-order valence-electron chi connectivity index (χ3n) is 6.65. The van der Waals surface area contributed by atoms with Crippen LogP contribution in [0.2, 0.25) is 5.02 Å². The Hall–Kier alpha value is -2.34. The first kappa shape index (κ1) is 23.8. The molecule has 1 aromatic heterocycles. The van der Waals surface area contributed by atoms with Gasteiger partial charge in [0.15, 0.2) is 11.4 Å². The Morgan fingerprint density at radius 3 is 2.45 bits per heavy atom. The van der Waals surface area contributed by atoms with Crippen LogP contribution in [-0.4, -0.2) is 41.8 Å².